The van der Waals surface area contributed by atoms with E-state index in [4.69, 9.17) is 17.3 Å². The lowest BCUT2D eigenvalue weighted by atomic mass is 9.99. The molecule has 0 saturated heterocycles. The third kappa shape index (κ3) is 3.78. The molecule has 0 saturated carbocycles. The summed E-state index contributed by atoms with van der Waals surface area (Å²) < 4.78 is 15.7. The fourth-order valence-electron chi connectivity index (χ4n) is 1.85. The summed E-state index contributed by atoms with van der Waals surface area (Å²) in [5.74, 6) is -0.395. The Bertz CT molecular complexity index is 584. The van der Waals surface area contributed by atoms with E-state index in [0.717, 1.165) is 14.5 Å². The van der Waals surface area contributed by atoms with Gasteiger partial charge in [0.05, 0.1) is 5.02 Å². The SMILES string of the molecule is NC(Cc1cccc(Cl)c1F)c1cc(Br)cc(Br)c1. The molecule has 1 atom stereocenters. The highest BCUT2D eigenvalue weighted by Gasteiger charge is 2.13. The van der Waals surface area contributed by atoms with Crippen LogP contribution in [0.3, 0.4) is 0 Å². The first kappa shape index (κ1) is 15.0. The maximum Gasteiger partial charge on any atom is 0.145 e. The molecule has 0 fully saturated rings. The molecule has 0 aliphatic carbocycles. The van der Waals surface area contributed by atoms with Gasteiger partial charge < -0.3 is 5.73 Å². The third-order valence-corrected chi connectivity index (χ3v) is 3.99. The number of rotatable bonds is 3. The molecule has 1 nitrogen and oxygen atoms in total. The monoisotopic (exact) mass is 405 g/mol. The van der Waals surface area contributed by atoms with Gasteiger partial charge in [-0.3, -0.25) is 0 Å². The molecule has 0 aliphatic heterocycles. The van der Waals surface area contributed by atoms with E-state index in [0.29, 0.717) is 12.0 Å². The molecule has 0 heterocycles. The van der Waals surface area contributed by atoms with Gasteiger partial charge in [0.25, 0.3) is 0 Å². The topological polar surface area (TPSA) is 26.0 Å². The Kier molecular flexibility index (Phi) is 5.01. The summed E-state index contributed by atoms with van der Waals surface area (Å²) in [6.07, 6.45) is 0.398. The van der Waals surface area contributed by atoms with Crippen LogP contribution in [0.25, 0.3) is 0 Å². The van der Waals surface area contributed by atoms with E-state index in [2.05, 4.69) is 31.9 Å². The predicted octanol–water partition coefficient (Wildman–Crippen LogP) is 5.25. The van der Waals surface area contributed by atoms with Crippen molar-refractivity contribution >= 4 is 43.5 Å². The largest absolute Gasteiger partial charge is 0.324 e. The van der Waals surface area contributed by atoms with E-state index in [1.54, 1.807) is 12.1 Å². The van der Waals surface area contributed by atoms with Crippen molar-refractivity contribution in [2.24, 2.45) is 5.73 Å². The van der Waals surface area contributed by atoms with Crippen molar-refractivity contribution in [3.63, 3.8) is 0 Å². The Morgan fingerprint density at radius 3 is 2.42 bits per heavy atom. The van der Waals surface area contributed by atoms with Crippen LogP contribution in [0.1, 0.15) is 17.2 Å². The van der Waals surface area contributed by atoms with Crippen LogP contribution in [0.2, 0.25) is 5.02 Å². The highest BCUT2D eigenvalue weighted by Crippen LogP contribution is 2.27. The summed E-state index contributed by atoms with van der Waals surface area (Å²) in [6.45, 7) is 0. The summed E-state index contributed by atoms with van der Waals surface area (Å²) >= 11 is 12.6. The minimum Gasteiger partial charge on any atom is -0.324 e. The van der Waals surface area contributed by atoms with Crippen molar-refractivity contribution in [2.75, 3.05) is 0 Å². The molecule has 19 heavy (non-hydrogen) atoms. The van der Waals surface area contributed by atoms with Crippen molar-refractivity contribution in [3.8, 4) is 0 Å². The van der Waals surface area contributed by atoms with Crippen molar-refractivity contribution in [2.45, 2.75) is 12.5 Å². The summed E-state index contributed by atoms with van der Waals surface area (Å²) in [6, 6.07) is 10.5. The maximum atomic E-state index is 13.8. The zero-order chi connectivity index (χ0) is 14.0. The zero-order valence-electron chi connectivity index (χ0n) is 9.84. The van der Waals surface area contributed by atoms with Gasteiger partial charge in [0.2, 0.25) is 0 Å². The Balaban J connectivity index is 2.25. The van der Waals surface area contributed by atoms with Crippen LogP contribution in [-0.4, -0.2) is 0 Å². The van der Waals surface area contributed by atoms with Gasteiger partial charge in [-0.15, -0.1) is 0 Å². The lowest BCUT2D eigenvalue weighted by Gasteiger charge is -2.14. The molecular weight excluding hydrogens is 396 g/mol. The van der Waals surface area contributed by atoms with Crippen molar-refractivity contribution in [1.29, 1.82) is 0 Å². The van der Waals surface area contributed by atoms with E-state index in [1.807, 2.05) is 18.2 Å². The molecule has 0 bridgehead atoms. The number of nitrogens with two attached hydrogens (primary N) is 1. The van der Waals surface area contributed by atoms with Crippen LogP contribution in [0.4, 0.5) is 4.39 Å². The highest BCUT2D eigenvalue weighted by atomic mass is 79.9. The molecule has 2 N–H and O–H groups in total. The Labute approximate surface area is 133 Å². The van der Waals surface area contributed by atoms with Gasteiger partial charge in [0.1, 0.15) is 5.82 Å². The van der Waals surface area contributed by atoms with Gasteiger partial charge >= 0.3 is 0 Å². The number of hydrogen-bond acceptors (Lipinski definition) is 1. The van der Waals surface area contributed by atoms with Crippen molar-refractivity contribution < 1.29 is 4.39 Å². The Morgan fingerprint density at radius 1 is 1.16 bits per heavy atom. The van der Waals surface area contributed by atoms with Crippen LogP contribution < -0.4 is 5.73 Å². The van der Waals surface area contributed by atoms with Crippen molar-refractivity contribution in [3.05, 3.63) is 67.3 Å². The molecule has 2 rings (SSSR count). The first-order valence-electron chi connectivity index (χ1n) is 5.62. The summed E-state index contributed by atoms with van der Waals surface area (Å²) in [4.78, 5) is 0. The summed E-state index contributed by atoms with van der Waals surface area (Å²) in [5, 5.41) is 0.125. The van der Waals surface area contributed by atoms with Crippen LogP contribution in [0.5, 0.6) is 0 Å². The molecule has 0 aliphatic rings. The van der Waals surface area contributed by atoms with Gasteiger partial charge in [-0.1, -0.05) is 55.6 Å². The fraction of sp³-hybridized carbons (Fsp3) is 0.143. The van der Waals surface area contributed by atoms with E-state index in [9.17, 15) is 4.39 Å². The molecule has 5 heteroatoms. The van der Waals surface area contributed by atoms with Crippen LogP contribution in [-0.2, 0) is 6.42 Å². The average Bonchev–Trinajstić information content (AvgIpc) is 2.33. The lowest BCUT2D eigenvalue weighted by Crippen LogP contribution is -2.14. The van der Waals surface area contributed by atoms with E-state index >= 15 is 0 Å². The second-order valence-corrected chi connectivity index (χ2v) is 6.46. The molecule has 0 amide bonds. The first-order chi connectivity index (χ1) is 8.97. The lowest BCUT2D eigenvalue weighted by molar-refractivity contribution is 0.593. The van der Waals surface area contributed by atoms with Crippen LogP contribution in [0, 0.1) is 5.82 Å². The Hall–Kier alpha value is -0.420. The van der Waals surface area contributed by atoms with E-state index in [1.165, 1.54) is 6.07 Å². The predicted molar refractivity (Wildman–Crippen MR) is 83.9 cm³/mol. The van der Waals surface area contributed by atoms with Gasteiger partial charge in [0, 0.05) is 15.0 Å². The third-order valence-electron chi connectivity index (χ3n) is 2.78. The number of halogens is 4. The molecule has 100 valence electrons. The number of benzene rings is 2. The zero-order valence-corrected chi connectivity index (χ0v) is 13.8. The molecular formula is C14H11Br2ClFN. The molecule has 1 unspecified atom stereocenters. The summed E-state index contributed by atoms with van der Waals surface area (Å²) in [7, 11) is 0. The van der Waals surface area contributed by atoms with Crippen molar-refractivity contribution in [1.82, 2.24) is 0 Å². The highest BCUT2D eigenvalue weighted by molar-refractivity contribution is 9.11. The van der Waals surface area contributed by atoms with Crippen LogP contribution in [0.15, 0.2) is 45.3 Å². The normalized spacial score (nSPS) is 12.5. The minimum atomic E-state index is -0.395. The Morgan fingerprint density at radius 2 is 1.79 bits per heavy atom. The second-order valence-electron chi connectivity index (χ2n) is 4.23. The fourth-order valence-corrected chi connectivity index (χ4v) is 3.37. The molecule has 2 aromatic carbocycles. The molecule has 2 aromatic rings. The quantitative estimate of drug-likeness (QED) is 0.739. The standard InChI is InChI=1S/C14H11Br2ClFN/c15-10-4-9(5-11(16)7-10)13(19)6-8-2-1-3-12(17)14(8)18/h1-5,7,13H,6,19H2. The van der Waals surface area contributed by atoms with E-state index in [-0.39, 0.29) is 11.1 Å². The average molecular weight is 408 g/mol. The smallest absolute Gasteiger partial charge is 0.145 e. The molecule has 0 spiro atoms. The van der Waals surface area contributed by atoms with Gasteiger partial charge in [-0.05, 0) is 41.8 Å². The van der Waals surface area contributed by atoms with Gasteiger partial charge in [0.15, 0.2) is 0 Å². The maximum absolute atomic E-state index is 13.8. The molecule has 0 radical (unpaired) electrons. The van der Waals surface area contributed by atoms with Gasteiger partial charge in [-0.2, -0.15) is 0 Å². The minimum absolute atomic E-state index is 0.125. The van der Waals surface area contributed by atoms with Crippen LogP contribution >= 0.6 is 43.5 Å². The van der Waals surface area contributed by atoms with Gasteiger partial charge in [-0.25, -0.2) is 4.39 Å². The van der Waals surface area contributed by atoms with E-state index < -0.39 is 5.82 Å². The first-order valence-corrected chi connectivity index (χ1v) is 7.58. The molecule has 0 aromatic heterocycles. The number of hydrogen-bond donors (Lipinski definition) is 1. The summed E-state index contributed by atoms with van der Waals surface area (Å²) in [5.41, 5.74) is 7.59. The second kappa shape index (κ2) is 6.35.